The van der Waals surface area contributed by atoms with Gasteiger partial charge in [0.1, 0.15) is 11.5 Å². The van der Waals surface area contributed by atoms with Crippen molar-refractivity contribution in [2.24, 2.45) is 0 Å². The highest BCUT2D eigenvalue weighted by molar-refractivity contribution is 14.1. The highest BCUT2D eigenvalue weighted by atomic mass is 127. The molecule has 0 aromatic heterocycles. The smallest absolute Gasteiger partial charge is 0.495 e. The molecule has 3 aromatic rings. The zero-order valence-corrected chi connectivity index (χ0v) is 31.4. The van der Waals surface area contributed by atoms with E-state index < -0.39 is 18.1 Å². The third-order valence-electron chi connectivity index (χ3n) is 5.43. The van der Waals surface area contributed by atoms with E-state index in [1.54, 1.807) is 55.6 Å². The van der Waals surface area contributed by atoms with Crippen LogP contribution in [-0.4, -0.2) is 51.0 Å². The highest BCUT2D eigenvalue weighted by Gasteiger charge is 2.19. The summed E-state index contributed by atoms with van der Waals surface area (Å²) in [6.45, 7) is 1.73. The summed E-state index contributed by atoms with van der Waals surface area (Å²) in [6.07, 6.45) is -0.0876. The van der Waals surface area contributed by atoms with Gasteiger partial charge in [0.25, 0.3) is 0 Å². The second kappa shape index (κ2) is 17.5. The van der Waals surface area contributed by atoms with Crippen LogP contribution in [0.3, 0.4) is 0 Å². The van der Waals surface area contributed by atoms with Crippen LogP contribution < -0.4 is 14.2 Å². The molecule has 0 aliphatic rings. The van der Waals surface area contributed by atoms with Crippen LogP contribution in [0.5, 0.6) is 17.2 Å². The predicted octanol–water partition coefficient (Wildman–Crippen LogP) is 7.20. The van der Waals surface area contributed by atoms with E-state index in [2.05, 4.69) is 45.2 Å². The second-order valence-electron chi connectivity index (χ2n) is 8.56. The number of halogens is 4. The Morgan fingerprint density at radius 2 is 1.14 bits per heavy atom. The van der Waals surface area contributed by atoms with Crippen molar-refractivity contribution < 1.29 is 47.6 Å². The Hall–Kier alpha value is -1.94. The van der Waals surface area contributed by atoms with E-state index in [0.717, 1.165) is 12.7 Å². The monoisotopic (exact) mass is 1040 g/mol. The molecule has 0 bridgehead atoms. The molecule has 0 saturated heterocycles. The van der Waals surface area contributed by atoms with Crippen molar-refractivity contribution in [3.63, 3.8) is 0 Å². The maximum absolute atomic E-state index is 12.6. The van der Waals surface area contributed by atoms with Crippen molar-refractivity contribution in [2.75, 3.05) is 26.9 Å². The van der Waals surface area contributed by atoms with Crippen LogP contribution in [0.25, 0.3) is 0 Å². The van der Waals surface area contributed by atoms with E-state index in [1.807, 2.05) is 45.2 Å². The minimum atomic E-state index is -0.938. The molecule has 228 valence electrons. The van der Waals surface area contributed by atoms with E-state index in [9.17, 15) is 19.2 Å². The third-order valence-corrected chi connectivity index (χ3v) is 8.64. The molecule has 0 heterocycles. The van der Waals surface area contributed by atoms with E-state index in [-0.39, 0.29) is 42.9 Å². The number of carbonyl (C=O) groups excluding carboxylic acids is 4. The number of esters is 3. The zero-order valence-electron chi connectivity index (χ0n) is 22.7. The van der Waals surface area contributed by atoms with Crippen LogP contribution in [0.2, 0.25) is 0 Å². The van der Waals surface area contributed by atoms with Crippen molar-refractivity contribution in [3.8, 4) is 17.2 Å². The minimum absolute atomic E-state index is 0.0457. The molecule has 0 aliphatic carbocycles. The molecule has 0 radical (unpaired) electrons. The van der Waals surface area contributed by atoms with Gasteiger partial charge in [-0.15, -0.1) is 0 Å². The average molecular weight is 1040 g/mol. The van der Waals surface area contributed by atoms with Crippen LogP contribution >= 0.6 is 90.4 Å². The first-order valence-corrected chi connectivity index (χ1v) is 16.8. The lowest BCUT2D eigenvalue weighted by atomic mass is 10.1. The quantitative estimate of drug-likeness (QED) is 0.0606. The van der Waals surface area contributed by atoms with Gasteiger partial charge >= 0.3 is 24.1 Å². The number of hydrogen-bond donors (Lipinski definition) is 0. The second-order valence-corrected chi connectivity index (χ2v) is 13.2. The summed E-state index contributed by atoms with van der Waals surface area (Å²) < 4.78 is 34.1. The number of rotatable bonds is 12. The predicted molar refractivity (Wildman–Crippen MR) is 189 cm³/mol. The fraction of sp³-hybridized carbons (Fsp3) is 0.241. The Balaban J connectivity index is 1.46. The van der Waals surface area contributed by atoms with Crippen molar-refractivity contribution in [2.45, 2.75) is 19.8 Å². The van der Waals surface area contributed by atoms with E-state index >= 15 is 0 Å². The SMILES string of the molecule is COc1c(I)cc(C(=O)OCCCOC(=O)c2cc(I)c(OC(=O)Oc3ccc(CCOC(C)=O)cc3)c(I)c2)cc1I. The summed E-state index contributed by atoms with van der Waals surface area (Å²) in [6, 6.07) is 13.2. The Kier molecular flexibility index (Phi) is 14.5. The van der Waals surface area contributed by atoms with Gasteiger partial charge in [0.2, 0.25) is 0 Å². The molecule has 0 spiro atoms. The first kappa shape index (κ1) is 35.5. The summed E-state index contributed by atoms with van der Waals surface area (Å²) in [5, 5.41) is 0. The normalized spacial score (nSPS) is 10.5. The lowest BCUT2D eigenvalue weighted by molar-refractivity contribution is -0.140. The number of hydrogen-bond acceptors (Lipinski definition) is 10. The Morgan fingerprint density at radius 1 is 0.651 bits per heavy atom. The summed E-state index contributed by atoms with van der Waals surface area (Å²) in [7, 11) is 1.57. The molecule has 43 heavy (non-hydrogen) atoms. The van der Waals surface area contributed by atoms with Crippen LogP contribution in [0.4, 0.5) is 4.79 Å². The van der Waals surface area contributed by atoms with Crippen LogP contribution in [0.1, 0.15) is 39.6 Å². The fourth-order valence-corrected chi connectivity index (χ4v) is 7.64. The highest BCUT2D eigenvalue weighted by Crippen LogP contribution is 2.31. The number of carbonyl (C=O) groups is 4. The molecular formula is C29H24I4O10. The van der Waals surface area contributed by atoms with Crippen LogP contribution in [-0.2, 0) is 25.4 Å². The Bertz CT molecular complexity index is 1450. The van der Waals surface area contributed by atoms with Crippen LogP contribution in [0, 0.1) is 14.3 Å². The average Bonchev–Trinajstić information content (AvgIpc) is 2.95. The standard InChI is InChI=1S/C29H24I4O10/c1-16(34)39-11-8-17-4-6-20(7-5-17)42-29(37)43-26-23(32)14-19(15-24(26)33)28(36)41-10-3-9-40-27(35)18-12-21(30)25(38-2)22(31)13-18/h4-7,12-15H,3,8-11H2,1-2H3. The molecule has 0 fully saturated rings. The van der Waals surface area contributed by atoms with Gasteiger partial charge in [-0.3, -0.25) is 4.79 Å². The van der Waals surface area contributed by atoms with E-state index in [4.69, 9.17) is 28.4 Å². The van der Waals surface area contributed by atoms with Gasteiger partial charge in [-0.25, -0.2) is 14.4 Å². The van der Waals surface area contributed by atoms with E-state index in [1.165, 1.54) is 6.92 Å². The van der Waals surface area contributed by atoms with Crippen LogP contribution in [0.15, 0.2) is 48.5 Å². The molecule has 0 atom stereocenters. The molecular weight excluding hydrogens is 1020 g/mol. The van der Waals surface area contributed by atoms with Gasteiger partial charge in [-0.05, 0) is 132 Å². The number of benzene rings is 3. The Morgan fingerprint density at radius 3 is 1.60 bits per heavy atom. The molecule has 0 N–H and O–H groups in total. The third kappa shape index (κ3) is 11.2. The number of methoxy groups -OCH3 is 1. The summed E-state index contributed by atoms with van der Waals surface area (Å²) in [4.78, 5) is 48.3. The van der Waals surface area contributed by atoms with Gasteiger partial charge in [-0.2, -0.15) is 0 Å². The molecule has 0 aliphatic heterocycles. The molecule has 14 heteroatoms. The molecule has 0 unspecified atom stereocenters. The maximum atomic E-state index is 12.6. The van der Waals surface area contributed by atoms with Gasteiger partial charge < -0.3 is 28.4 Å². The van der Waals surface area contributed by atoms with Crippen molar-refractivity contribution in [1.82, 2.24) is 0 Å². The summed E-state index contributed by atoms with van der Waals surface area (Å²) in [5.41, 5.74) is 1.60. The molecule has 3 aromatic carbocycles. The summed E-state index contributed by atoms with van der Waals surface area (Å²) in [5.74, 6) is -0.157. The van der Waals surface area contributed by atoms with Gasteiger partial charge in [0, 0.05) is 19.8 Å². The van der Waals surface area contributed by atoms with Crippen molar-refractivity contribution >= 4 is 114 Å². The minimum Gasteiger partial charge on any atom is -0.495 e. The topological polar surface area (TPSA) is 124 Å². The lowest BCUT2D eigenvalue weighted by Gasteiger charge is -2.12. The fourth-order valence-electron chi connectivity index (χ4n) is 3.44. The van der Waals surface area contributed by atoms with Gasteiger partial charge in [-0.1, -0.05) is 12.1 Å². The van der Waals surface area contributed by atoms with Gasteiger partial charge in [0.05, 0.1) is 52.3 Å². The van der Waals surface area contributed by atoms with Gasteiger partial charge in [0.15, 0.2) is 5.75 Å². The molecule has 0 saturated carbocycles. The van der Waals surface area contributed by atoms with Crippen molar-refractivity contribution in [1.29, 1.82) is 0 Å². The lowest BCUT2D eigenvalue weighted by Crippen LogP contribution is -2.16. The zero-order chi connectivity index (χ0) is 31.5. The summed E-state index contributed by atoms with van der Waals surface area (Å²) >= 11 is 8.10. The molecule has 0 amide bonds. The van der Waals surface area contributed by atoms with E-state index in [0.29, 0.717) is 31.3 Å². The first-order chi connectivity index (χ1) is 20.5. The first-order valence-electron chi connectivity index (χ1n) is 12.5. The number of ether oxygens (including phenoxy) is 6. The molecule has 10 nitrogen and oxygen atoms in total. The Labute approximate surface area is 302 Å². The van der Waals surface area contributed by atoms with Crippen molar-refractivity contribution in [3.05, 3.63) is 79.5 Å². The maximum Gasteiger partial charge on any atom is 0.519 e. The molecule has 3 rings (SSSR count). The largest absolute Gasteiger partial charge is 0.519 e.